The molecule has 1 amide bonds. The molecule has 84 valence electrons. The number of nitrogens with zero attached hydrogens (tertiary/aromatic N) is 3. The molecule has 8 heteroatoms. The average molecular weight is 256 g/mol. The van der Waals surface area contributed by atoms with E-state index in [1.807, 2.05) is 0 Å². The third kappa shape index (κ3) is 3.04. The predicted molar refractivity (Wildman–Crippen MR) is 60.5 cm³/mol. The molecule has 0 unspecified atom stereocenters. The van der Waals surface area contributed by atoms with E-state index < -0.39 is 0 Å². The van der Waals surface area contributed by atoms with Crippen molar-refractivity contribution < 1.29 is 9.32 Å². The fourth-order valence-corrected chi connectivity index (χ4v) is 2.24. The normalized spacial score (nSPS) is 10.3. The zero-order chi connectivity index (χ0) is 11.4. The van der Waals surface area contributed by atoms with Crippen molar-refractivity contribution in [1.82, 2.24) is 15.4 Å². The summed E-state index contributed by atoms with van der Waals surface area (Å²) in [6, 6.07) is 1.66. The number of carbonyl (C=O) groups excluding carboxylic acids is 1. The quantitative estimate of drug-likeness (QED) is 0.836. The summed E-state index contributed by atoms with van der Waals surface area (Å²) in [6.07, 6.45) is 0. The van der Waals surface area contributed by atoms with Crippen molar-refractivity contribution >= 4 is 34.9 Å². The van der Waals surface area contributed by atoms with Gasteiger partial charge in [0, 0.05) is 6.07 Å². The summed E-state index contributed by atoms with van der Waals surface area (Å²) in [5.74, 6) is 0.478. The lowest BCUT2D eigenvalue weighted by Gasteiger charge is -1.97. The molecule has 0 radical (unpaired) electrons. The molecular formula is C8H8N4O2S2. The van der Waals surface area contributed by atoms with Crippen LogP contribution in [0.2, 0.25) is 0 Å². The maximum atomic E-state index is 11.5. The molecule has 0 spiro atoms. The molecule has 0 aliphatic heterocycles. The van der Waals surface area contributed by atoms with E-state index >= 15 is 0 Å². The van der Waals surface area contributed by atoms with Gasteiger partial charge in [0.05, 0.1) is 11.4 Å². The van der Waals surface area contributed by atoms with Crippen LogP contribution in [0.5, 0.6) is 0 Å². The molecule has 0 fully saturated rings. The summed E-state index contributed by atoms with van der Waals surface area (Å²) >= 11 is 2.73. The first-order valence-electron chi connectivity index (χ1n) is 4.36. The molecule has 0 saturated carbocycles. The van der Waals surface area contributed by atoms with E-state index in [-0.39, 0.29) is 11.7 Å². The van der Waals surface area contributed by atoms with Crippen molar-refractivity contribution in [2.45, 2.75) is 11.3 Å². The molecule has 6 nitrogen and oxygen atoms in total. The number of carbonyl (C=O) groups is 1. The Morgan fingerprint density at radius 2 is 2.56 bits per heavy atom. The van der Waals surface area contributed by atoms with Crippen LogP contribution in [-0.4, -0.2) is 27.0 Å². The van der Waals surface area contributed by atoms with Gasteiger partial charge in [0.1, 0.15) is 5.51 Å². The summed E-state index contributed by atoms with van der Waals surface area (Å²) < 4.78 is 5.62. The zero-order valence-corrected chi connectivity index (χ0v) is 9.97. The number of hydrogen-bond acceptors (Lipinski definition) is 7. The van der Waals surface area contributed by atoms with Crippen LogP contribution < -0.4 is 5.32 Å². The SMILES string of the molecule is Cc1cc(NC(=O)CSc2nncs2)on1. The summed E-state index contributed by atoms with van der Waals surface area (Å²) in [5, 5.41) is 13.7. The van der Waals surface area contributed by atoms with E-state index in [1.54, 1.807) is 18.5 Å². The second kappa shape index (κ2) is 5.08. The van der Waals surface area contributed by atoms with Crippen molar-refractivity contribution in [3.05, 3.63) is 17.3 Å². The van der Waals surface area contributed by atoms with Gasteiger partial charge in [-0.25, -0.2) is 0 Å². The fourth-order valence-electron chi connectivity index (χ4n) is 0.949. The molecule has 16 heavy (non-hydrogen) atoms. The molecule has 0 aliphatic carbocycles. The lowest BCUT2D eigenvalue weighted by atomic mass is 10.5. The summed E-state index contributed by atoms with van der Waals surface area (Å²) in [5.41, 5.74) is 2.35. The lowest BCUT2D eigenvalue weighted by molar-refractivity contribution is -0.113. The Morgan fingerprint density at radius 1 is 1.69 bits per heavy atom. The minimum absolute atomic E-state index is 0.156. The molecule has 2 aromatic rings. The number of nitrogens with one attached hydrogen (secondary N) is 1. The Morgan fingerprint density at radius 3 is 3.19 bits per heavy atom. The van der Waals surface area contributed by atoms with Gasteiger partial charge in [-0.3, -0.25) is 10.1 Å². The van der Waals surface area contributed by atoms with E-state index in [9.17, 15) is 4.79 Å². The molecule has 2 rings (SSSR count). The molecule has 1 N–H and O–H groups in total. The first-order valence-corrected chi connectivity index (χ1v) is 6.23. The van der Waals surface area contributed by atoms with Crippen LogP contribution in [0.15, 0.2) is 20.4 Å². The topological polar surface area (TPSA) is 80.9 Å². The Bertz CT molecular complexity index is 468. The van der Waals surface area contributed by atoms with Gasteiger partial charge in [-0.05, 0) is 6.92 Å². The second-order valence-electron chi connectivity index (χ2n) is 2.87. The van der Waals surface area contributed by atoms with Crippen LogP contribution in [0.25, 0.3) is 0 Å². The Balaban J connectivity index is 1.81. The molecule has 2 aromatic heterocycles. The van der Waals surface area contributed by atoms with Gasteiger partial charge in [0.15, 0.2) is 4.34 Å². The number of hydrogen-bond donors (Lipinski definition) is 1. The fraction of sp³-hybridized carbons (Fsp3) is 0.250. The second-order valence-corrected chi connectivity index (χ2v) is 4.93. The largest absolute Gasteiger partial charge is 0.338 e. The van der Waals surface area contributed by atoms with Gasteiger partial charge >= 0.3 is 0 Å². The molecule has 2 heterocycles. The predicted octanol–water partition coefficient (Wildman–Crippen LogP) is 1.57. The van der Waals surface area contributed by atoms with E-state index in [0.717, 1.165) is 10.0 Å². The molecule has 0 saturated heterocycles. The van der Waals surface area contributed by atoms with Crippen LogP contribution in [0, 0.1) is 6.92 Å². The van der Waals surface area contributed by atoms with Gasteiger partial charge < -0.3 is 4.52 Å². The maximum absolute atomic E-state index is 11.5. The number of amides is 1. The Kier molecular flexibility index (Phi) is 3.52. The molecule has 0 aliphatic rings. The highest BCUT2D eigenvalue weighted by Crippen LogP contribution is 2.19. The lowest BCUT2D eigenvalue weighted by Crippen LogP contribution is -2.13. The van der Waals surface area contributed by atoms with Crippen LogP contribution in [0.4, 0.5) is 5.88 Å². The monoisotopic (exact) mass is 256 g/mol. The summed E-state index contributed by atoms with van der Waals surface area (Å²) in [7, 11) is 0. The van der Waals surface area contributed by atoms with E-state index in [0.29, 0.717) is 5.88 Å². The highest BCUT2D eigenvalue weighted by Gasteiger charge is 2.08. The summed E-state index contributed by atoms with van der Waals surface area (Å²) in [4.78, 5) is 11.5. The number of aryl methyl sites for hydroxylation is 1. The van der Waals surface area contributed by atoms with Crippen molar-refractivity contribution in [2.75, 3.05) is 11.1 Å². The van der Waals surface area contributed by atoms with Crippen molar-refractivity contribution in [2.24, 2.45) is 0 Å². The maximum Gasteiger partial charge on any atom is 0.237 e. The minimum Gasteiger partial charge on any atom is -0.338 e. The minimum atomic E-state index is -0.156. The van der Waals surface area contributed by atoms with E-state index in [2.05, 4.69) is 20.7 Å². The van der Waals surface area contributed by atoms with Gasteiger partial charge in [0.2, 0.25) is 11.8 Å². The van der Waals surface area contributed by atoms with Gasteiger partial charge in [-0.1, -0.05) is 28.3 Å². The Hall–Kier alpha value is -1.41. The highest BCUT2D eigenvalue weighted by molar-refractivity contribution is 8.01. The number of anilines is 1. The third-order valence-electron chi connectivity index (χ3n) is 1.56. The summed E-state index contributed by atoms with van der Waals surface area (Å²) in [6.45, 7) is 1.79. The highest BCUT2D eigenvalue weighted by atomic mass is 32.2. The number of rotatable bonds is 4. The Labute approximate surface area is 99.4 Å². The van der Waals surface area contributed by atoms with Crippen LogP contribution in [-0.2, 0) is 4.79 Å². The smallest absolute Gasteiger partial charge is 0.237 e. The molecule has 0 atom stereocenters. The van der Waals surface area contributed by atoms with Crippen molar-refractivity contribution in [3.8, 4) is 0 Å². The first kappa shape index (κ1) is 11.1. The molecule has 0 bridgehead atoms. The van der Waals surface area contributed by atoms with Crippen LogP contribution in [0.1, 0.15) is 5.69 Å². The van der Waals surface area contributed by atoms with Gasteiger partial charge in [-0.15, -0.1) is 10.2 Å². The number of thioether (sulfide) groups is 1. The van der Waals surface area contributed by atoms with E-state index in [4.69, 9.17) is 4.52 Å². The van der Waals surface area contributed by atoms with Crippen LogP contribution in [0.3, 0.4) is 0 Å². The van der Waals surface area contributed by atoms with Gasteiger partial charge in [0.25, 0.3) is 0 Å². The third-order valence-corrected chi connectivity index (χ3v) is 3.42. The van der Waals surface area contributed by atoms with Crippen molar-refractivity contribution in [3.63, 3.8) is 0 Å². The average Bonchev–Trinajstić information content (AvgIpc) is 2.87. The molecular weight excluding hydrogens is 248 g/mol. The standard InChI is InChI=1S/C8H8N4O2S2/c1-5-2-7(14-12-5)10-6(13)3-15-8-11-9-4-16-8/h2,4H,3H2,1H3,(H,10,13). The zero-order valence-electron chi connectivity index (χ0n) is 8.34. The van der Waals surface area contributed by atoms with Gasteiger partial charge in [-0.2, -0.15) is 0 Å². The first-order chi connectivity index (χ1) is 7.74. The number of aromatic nitrogens is 3. The van der Waals surface area contributed by atoms with E-state index in [1.165, 1.54) is 23.1 Å². The van der Waals surface area contributed by atoms with Crippen LogP contribution >= 0.6 is 23.1 Å². The molecule has 0 aromatic carbocycles. The van der Waals surface area contributed by atoms with Crippen molar-refractivity contribution in [1.29, 1.82) is 0 Å².